The van der Waals surface area contributed by atoms with Gasteiger partial charge in [-0.15, -0.1) is 0 Å². The van der Waals surface area contributed by atoms with Gasteiger partial charge >= 0.3 is 5.97 Å². The third kappa shape index (κ3) is 1.59. The van der Waals surface area contributed by atoms with Gasteiger partial charge < -0.3 is 5.11 Å². The quantitative estimate of drug-likeness (QED) is 0.603. The number of carboxylic acids is 1. The van der Waals surface area contributed by atoms with Crippen molar-refractivity contribution in [3.63, 3.8) is 0 Å². The SMILES string of the molecule is C[C@H]1CCC=C(C(=O)O)C1. The largest absolute Gasteiger partial charge is 0.478 e. The molecule has 1 atom stereocenters. The predicted octanol–water partition coefficient (Wildman–Crippen LogP) is 1.82. The molecular formula is C8H12O2. The molecule has 2 heteroatoms. The van der Waals surface area contributed by atoms with Gasteiger partial charge in [-0.25, -0.2) is 4.79 Å². The number of hydrogen-bond acceptors (Lipinski definition) is 1. The van der Waals surface area contributed by atoms with Crippen LogP contribution in [0, 0.1) is 5.92 Å². The van der Waals surface area contributed by atoms with E-state index in [2.05, 4.69) is 6.92 Å². The molecule has 0 aliphatic heterocycles. The van der Waals surface area contributed by atoms with E-state index in [1.165, 1.54) is 0 Å². The van der Waals surface area contributed by atoms with E-state index in [4.69, 9.17) is 5.11 Å². The third-order valence-electron chi connectivity index (χ3n) is 1.89. The van der Waals surface area contributed by atoms with Gasteiger partial charge in [0, 0.05) is 5.57 Å². The summed E-state index contributed by atoms with van der Waals surface area (Å²) in [7, 11) is 0. The first kappa shape index (κ1) is 7.32. The molecule has 56 valence electrons. The molecule has 10 heavy (non-hydrogen) atoms. The summed E-state index contributed by atoms with van der Waals surface area (Å²) in [6, 6.07) is 0. The van der Waals surface area contributed by atoms with Gasteiger partial charge in [0.25, 0.3) is 0 Å². The lowest BCUT2D eigenvalue weighted by Gasteiger charge is -2.15. The number of carboxylic acid groups (broad SMARTS) is 1. The summed E-state index contributed by atoms with van der Waals surface area (Å²) in [5.41, 5.74) is 0.596. The second kappa shape index (κ2) is 2.86. The van der Waals surface area contributed by atoms with E-state index in [9.17, 15) is 4.79 Å². The van der Waals surface area contributed by atoms with Crippen molar-refractivity contribution in [1.82, 2.24) is 0 Å². The normalized spacial score (nSPS) is 25.7. The molecule has 1 N–H and O–H groups in total. The monoisotopic (exact) mass is 140 g/mol. The molecule has 0 saturated heterocycles. The highest BCUT2D eigenvalue weighted by atomic mass is 16.4. The molecule has 0 amide bonds. The number of hydrogen-bond donors (Lipinski definition) is 1. The lowest BCUT2D eigenvalue weighted by molar-refractivity contribution is -0.133. The van der Waals surface area contributed by atoms with Crippen LogP contribution in [0.1, 0.15) is 26.2 Å². The van der Waals surface area contributed by atoms with Gasteiger partial charge in [0.15, 0.2) is 0 Å². The maximum atomic E-state index is 10.4. The highest BCUT2D eigenvalue weighted by Crippen LogP contribution is 2.22. The lowest BCUT2D eigenvalue weighted by Crippen LogP contribution is -2.09. The average Bonchev–Trinajstić information content (AvgIpc) is 1.88. The molecule has 1 rings (SSSR count). The second-order valence-electron chi connectivity index (χ2n) is 2.92. The zero-order valence-electron chi connectivity index (χ0n) is 6.13. The fourth-order valence-corrected chi connectivity index (χ4v) is 1.28. The molecule has 0 fully saturated rings. The zero-order chi connectivity index (χ0) is 7.56. The van der Waals surface area contributed by atoms with E-state index >= 15 is 0 Å². The van der Waals surface area contributed by atoms with Crippen molar-refractivity contribution >= 4 is 5.97 Å². The van der Waals surface area contributed by atoms with Gasteiger partial charge in [0.2, 0.25) is 0 Å². The van der Waals surface area contributed by atoms with Crippen molar-refractivity contribution in [2.24, 2.45) is 5.92 Å². The minimum absolute atomic E-state index is 0.552. The summed E-state index contributed by atoms with van der Waals surface area (Å²) in [6.07, 6.45) is 4.65. The predicted molar refractivity (Wildman–Crippen MR) is 38.7 cm³/mol. The Labute approximate surface area is 60.6 Å². The standard InChI is InChI=1S/C8H12O2/c1-6-3-2-4-7(5-6)8(9)10/h4,6H,2-3,5H2,1H3,(H,9,10)/t6-/m0/s1. The van der Waals surface area contributed by atoms with Crippen molar-refractivity contribution in [2.75, 3.05) is 0 Å². The summed E-state index contributed by atoms with van der Waals surface area (Å²) in [4.78, 5) is 10.4. The zero-order valence-corrected chi connectivity index (χ0v) is 6.13. The maximum Gasteiger partial charge on any atom is 0.331 e. The molecule has 0 unspecified atom stereocenters. The minimum atomic E-state index is -0.744. The van der Waals surface area contributed by atoms with E-state index in [1.54, 1.807) is 0 Å². The van der Waals surface area contributed by atoms with Crippen LogP contribution in [0.25, 0.3) is 0 Å². The van der Waals surface area contributed by atoms with Crippen LogP contribution in [0.15, 0.2) is 11.6 Å². The molecule has 1 aliphatic carbocycles. The number of rotatable bonds is 1. The summed E-state index contributed by atoms with van der Waals surface area (Å²) in [6.45, 7) is 2.09. The number of allylic oxidation sites excluding steroid dienone is 1. The molecule has 0 saturated carbocycles. The van der Waals surface area contributed by atoms with Crippen LogP contribution in [0.2, 0.25) is 0 Å². The van der Waals surface area contributed by atoms with E-state index in [0.717, 1.165) is 19.3 Å². The Morgan fingerprint density at radius 1 is 1.80 bits per heavy atom. The highest BCUT2D eigenvalue weighted by Gasteiger charge is 2.15. The first-order valence-electron chi connectivity index (χ1n) is 3.62. The van der Waals surface area contributed by atoms with Crippen LogP contribution >= 0.6 is 0 Å². The molecule has 0 heterocycles. The minimum Gasteiger partial charge on any atom is -0.478 e. The Bertz CT molecular complexity index is 170. The van der Waals surface area contributed by atoms with Crippen LogP contribution in [-0.2, 0) is 4.79 Å². The van der Waals surface area contributed by atoms with E-state index in [0.29, 0.717) is 11.5 Å². The second-order valence-corrected chi connectivity index (χ2v) is 2.92. The van der Waals surface area contributed by atoms with Gasteiger partial charge in [0.1, 0.15) is 0 Å². The number of aliphatic carboxylic acids is 1. The Morgan fingerprint density at radius 3 is 2.90 bits per heavy atom. The average molecular weight is 140 g/mol. The molecular weight excluding hydrogens is 128 g/mol. The van der Waals surface area contributed by atoms with Gasteiger partial charge in [-0.1, -0.05) is 13.0 Å². The Balaban J connectivity index is 2.60. The summed E-state index contributed by atoms with van der Waals surface area (Å²) in [5.74, 6) is -0.192. The number of carbonyl (C=O) groups is 1. The molecule has 1 aliphatic rings. The molecule has 0 bridgehead atoms. The lowest BCUT2D eigenvalue weighted by atomic mass is 9.90. The van der Waals surface area contributed by atoms with Crippen molar-refractivity contribution in [3.05, 3.63) is 11.6 Å². The fourth-order valence-electron chi connectivity index (χ4n) is 1.28. The summed E-state index contributed by atoms with van der Waals surface area (Å²) in [5, 5.41) is 8.59. The van der Waals surface area contributed by atoms with Crippen LogP contribution < -0.4 is 0 Å². The first-order chi connectivity index (χ1) is 4.70. The molecule has 0 radical (unpaired) electrons. The van der Waals surface area contributed by atoms with Crippen molar-refractivity contribution in [1.29, 1.82) is 0 Å². The first-order valence-corrected chi connectivity index (χ1v) is 3.62. The van der Waals surface area contributed by atoms with Crippen LogP contribution in [0.4, 0.5) is 0 Å². The Kier molecular flexibility index (Phi) is 2.10. The van der Waals surface area contributed by atoms with Crippen molar-refractivity contribution in [2.45, 2.75) is 26.2 Å². The van der Waals surface area contributed by atoms with Gasteiger partial charge in [-0.2, -0.15) is 0 Å². The maximum absolute atomic E-state index is 10.4. The third-order valence-corrected chi connectivity index (χ3v) is 1.89. The van der Waals surface area contributed by atoms with Crippen LogP contribution in [0.3, 0.4) is 0 Å². The molecule has 0 aromatic carbocycles. The Hall–Kier alpha value is -0.790. The van der Waals surface area contributed by atoms with Crippen molar-refractivity contribution < 1.29 is 9.90 Å². The van der Waals surface area contributed by atoms with E-state index in [-0.39, 0.29) is 0 Å². The van der Waals surface area contributed by atoms with Gasteiger partial charge in [-0.05, 0) is 25.2 Å². The molecule has 0 aromatic rings. The van der Waals surface area contributed by atoms with E-state index < -0.39 is 5.97 Å². The fraction of sp³-hybridized carbons (Fsp3) is 0.625. The Morgan fingerprint density at radius 2 is 2.50 bits per heavy atom. The molecule has 0 spiro atoms. The van der Waals surface area contributed by atoms with E-state index in [1.807, 2.05) is 6.08 Å². The summed E-state index contributed by atoms with van der Waals surface area (Å²) < 4.78 is 0. The molecule has 2 nitrogen and oxygen atoms in total. The highest BCUT2D eigenvalue weighted by molar-refractivity contribution is 5.86. The van der Waals surface area contributed by atoms with Crippen molar-refractivity contribution in [3.8, 4) is 0 Å². The topological polar surface area (TPSA) is 37.3 Å². The van der Waals surface area contributed by atoms with Crippen LogP contribution in [-0.4, -0.2) is 11.1 Å². The van der Waals surface area contributed by atoms with Gasteiger partial charge in [-0.3, -0.25) is 0 Å². The van der Waals surface area contributed by atoms with Gasteiger partial charge in [0.05, 0.1) is 0 Å². The smallest absolute Gasteiger partial charge is 0.331 e. The molecule has 0 aromatic heterocycles. The summed E-state index contributed by atoms with van der Waals surface area (Å²) >= 11 is 0. The van der Waals surface area contributed by atoms with Crippen LogP contribution in [0.5, 0.6) is 0 Å².